The summed E-state index contributed by atoms with van der Waals surface area (Å²) >= 11 is 1.67. The largest absolute Gasteiger partial charge is 0.372 e. The van der Waals surface area contributed by atoms with E-state index in [4.69, 9.17) is 9.72 Å². The van der Waals surface area contributed by atoms with Gasteiger partial charge in [0.05, 0.1) is 29.3 Å². The van der Waals surface area contributed by atoms with Crippen LogP contribution >= 0.6 is 11.3 Å². The zero-order valence-corrected chi connectivity index (χ0v) is 17.5. The van der Waals surface area contributed by atoms with Crippen LogP contribution < -0.4 is 0 Å². The third kappa shape index (κ3) is 4.10. The highest BCUT2D eigenvalue weighted by molar-refractivity contribution is 7.11. The normalized spacial score (nSPS) is 19.9. The van der Waals surface area contributed by atoms with E-state index in [1.54, 1.807) is 11.3 Å². The summed E-state index contributed by atoms with van der Waals surface area (Å²) in [5.41, 5.74) is 2.25. The predicted octanol–water partition coefficient (Wildman–Crippen LogP) is 4.37. The quantitative estimate of drug-likeness (QED) is 0.660. The number of carbonyl (C=O) groups is 1. The number of benzene rings is 2. The second-order valence-electron chi connectivity index (χ2n) is 7.66. The molecule has 0 N–H and O–H groups in total. The Morgan fingerprint density at radius 1 is 1.14 bits per heavy atom. The first-order valence-corrected chi connectivity index (χ1v) is 10.7. The van der Waals surface area contributed by atoms with Gasteiger partial charge in [-0.05, 0) is 37.1 Å². The highest BCUT2D eigenvalue weighted by Gasteiger charge is 2.26. The molecule has 0 bridgehead atoms. The number of carbonyl (C=O) groups excluding carboxylic acids is 1. The molecule has 4 nitrogen and oxygen atoms in total. The second kappa shape index (κ2) is 8.02. The van der Waals surface area contributed by atoms with Gasteiger partial charge in [-0.1, -0.05) is 42.5 Å². The van der Waals surface area contributed by atoms with E-state index in [0.717, 1.165) is 22.0 Å². The minimum absolute atomic E-state index is 0.0946. The maximum atomic E-state index is 12.8. The standard InChI is InChI=1S/C23H26N2O2S/c1-15-13-25(14-16(2)27-15)23(26)12-21-17(3)24-22(28-21)11-19-9-6-8-18-7-4-5-10-20(18)19/h4-10,15-16H,11-14H2,1-3H3. The lowest BCUT2D eigenvalue weighted by molar-refractivity contribution is -0.142. The van der Waals surface area contributed by atoms with Gasteiger partial charge in [-0.3, -0.25) is 4.79 Å². The molecule has 2 aromatic carbocycles. The molecule has 1 aromatic heterocycles. The second-order valence-corrected chi connectivity index (χ2v) is 8.83. The molecule has 1 aliphatic rings. The van der Waals surface area contributed by atoms with E-state index >= 15 is 0 Å². The van der Waals surface area contributed by atoms with Crippen LogP contribution in [-0.4, -0.2) is 41.1 Å². The van der Waals surface area contributed by atoms with Crippen molar-refractivity contribution < 1.29 is 9.53 Å². The van der Waals surface area contributed by atoms with Gasteiger partial charge in [-0.2, -0.15) is 0 Å². The fraction of sp³-hybridized carbons (Fsp3) is 0.391. The van der Waals surface area contributed by atoms with Crippen LogP contribution in [0, 0.1) is 6.92 Å². The highest BCUT2D eigenvalue weighted by Crippen LogP contribution is 2.26. The summed E-state index contributed by atoms with van der Waals surface area (Å²) in [7, 11) is 0. The van der Waals surface area contributed by atoms with Crippen molar-refractivity contribution in [2.75, 3.05) is 13.1 Å². The summed E-state index contributed by atoms with van der Waals surface area (Å²) in [5.74, 6) is 0.172. The molecule has 2 heterocycles. The van der Waals surface area contributed by atoms with Gasteiger partial charge in [-0.25, -0.2) is 4.98 Å². The first-order chi connectivity index (χ1) is 13.5. The van der Waals surface area contributed by atoms with E-state index in [1.807, 2.05) is 25.7 Å². The van der Waals surface area contributed by atoms with Crippen molar-refractivity contribution in [3.63, 3.8) is 0 Å². The van der Waals surface area contributed by atoms with Crippen molar-refractivity contribution in [2.45, 2.75) is 45.8 Å². The summed E-state index contributed by atoms with van der Waals surface area (Å²) in [5, 5.41) is 3.59. The first-order valence-electron chi connectivity index (χ1n) is 9.84. The molecule has 1 fully saturated rings. The number of rotatable bonds is 4. The minimum Gasteiger partial charge on any atom is -0.372 e. The molecule has 4 rings (SSSR count). The lowest BCUT2D eigenvalue weighted by Gasteiger charge is -2.35. The van der Waals surface area contributed by atoms with Crippen molar-refractivity contribution in [3.8, 4) is 0 Å². The summed E-state index contributed by atoms with van der Waals surface area (Å²) in [6.07, 6.45) is 1.42. The Morgan fingerprint density at radius 2 is 1.86 bits per heavy atom. The molecular formula is C23H26N2O2S. The zero-order valence-electron chi connectivity index (χ0n) is 16.6. The Bertz CT molecular complexity index is 982. The molecule has 5 heteroatoms. The topological polar surface area (TPSA) is 42.4 Å². The summed E-state index contributed by atoms with van der Waals surface area (Å²) in [4.78, 5) is 20.6. The molecule has 146 valence electrons. The van der Waals surface area contributed by atoms with Crippen molar-refractivity contribution >= 4 is 28.0 Å². The van der Waals surface area contributed by atoms with Gasteiger partial charge in [-0.15, -0.1) is 11.3 Å². The molecular weight excluding hydrogens is 368 g/mol. The zero-order chi connectivity index (χ0) is 19.7. The SMILES string of the molecule is Cc1nc(Cc2cccc3ccccc23)sc1CC(=O)N1CC(C)OC(C)C1. The molecule has 3 aromatic rings. The molecule has 28 heavy (non-hydrogen) atoms. The smallest absolute Gasteiger partial charge is 0.228 e. The number of aryl methyl sites for hydroxylation is 1. The Balaban J connectivity index is 1.50. The lowest BCUT2D eigenvalue weighted by Crippen LogP contribution is -2.48. The number of amides is 1. The highest BCUT2D eigenvalue weighted by atomic mass is 32.1. The van der Waals surface area contributed by atoms with Crippen LogP contribution in [0.4, 0.5) is 0 Å². The Labute approximate surface area is 170 Å². The maximum Gasteiger partial charge on any atom is 0.228 e. The molecule has 0 radical (unpaired) electrons. The van der Waals surface area contributed by atoms with Gasteiger partial charge < -0.3 is 9.64 Å². The van der Waals surface area contributed by atoms with Crippen LogP contribution in [0.25, 0.3) is 10.8 Å². The van der Waals surface area contributed by atoms with Crippen LogP contribution in [0.3, 0.4) is 0 Å². The third-order valence-electron chi connectivity index (χ3n) is 5.24. The monoisotopic (exact) mass is 394 g/mol. The van der Waals surface area contributed by atoms with Crippen molar-refractivity contribution in [2.24, 2.45) is 0 Å². The van der Waals surface area contributed by atoms with Crippen molar-refractivity contribution in [1.29, 1.82) is 0 Å². The molecule has 1 amide bonds. The number of hydrogen-bond acceptors (Lipinski definition) is 4. The van der Waals surface area contributed by atoms with Crippen LogP contribution in [0.5, 0.6) is 0 Å². The molecule has 1 aliphatic heterocycles. The number of morpholine rings is 1. The van der Waals surface area contributed by atoms with E-state index in [9.17, 15) is 4.79 Å². The molecule has 0 spiro atoms. The Morgan fingerprint density at radius 3 is 2.64 bits per heavy atom. The van der Waals surface area contributed by atoms with E-state index in [-0.39, 0.29) is 18.1 Å². The van der Waals surface area contributed by atoms with Gasteiger partial charge in [0, 0.05) is 24.4 Å². The average Bonchev–Trinajstić information content (AvgIpc) is 3.00. The van der Waals surface area contributed by atoms with Gasteiger partial charge in [0.25, 0.3) is 0 Å². The average molecular weight is 395 g/mol. The number of fused-ring (bicyclic) bond motifs is 1. The van der Waals surface area contributed by atoms with E-state index < -0.39 is 0 Å². The van der Waals surface area contributed by atoms with Crippen molar-refractivity contribution in [1.82, 2.24) is 9.88 Å². The van der Waals surface area contributed by atoms with Crippen LogP contribution in [0.15, 0.2) is 42.5 Å². The van der Waals surface area contributed by atoms with Crippen LogP contribution in [-0.2, 0) is 22.4 Å². The Kier molecular flexibility index (Phi) is 5.47. The number of aromatic nitrogens is 1. The van der Waals surface area contributed by atoms with Gasteiger partial charge in [0.1, 0.15) is 0 Å². The van der Waals surface area contributed by atoms with E-state index in [2.05, 4.69) is 42.5 Å². The predicted molar refractivity (Wildman–Crippen MR) is 114 cm³/mol. The molecule has 0 saturated carbocycles. The molecule has 0 aliphatic carbocycles. The first kappa shape index (κ1) is 19.1. The van der Waals surface area contributed by atoms with Gasteiger partial charge in [0.2, 0.25) is 5.91 Å². The maximum absolute atomic E-state index is 12.8. The van der Waals surface area contributed by atoms with E-state index in [0.29, 0.717) is 19.5 Å². The minimum atomic E-state index is 0.0946. The van der Waals surface area contributed by atoms with Crippen molar-refractivity contribution in [3.05, 3.63) is 63.6 Å². The van der Waals surface area contributed by atoms with Crippen LogP contribution in [0.1, 0.15) is 35.0 Å². The Hall–Kier alpha value is -2.24. The number of thiazole rings is 1. The summed E-state index contributed by atoms with van der Waals surface area (Å²) < 4.78 is 5.74. The fourth-order valence-electron chi connectivity index (χ4n) is 3.97. The summed E-state index contributed by atoms with van der Waals surface area (Å²) in [6, 6.07) is 14.9. The van der Waals surface area contributed by atoms with Crippen LogP contribution in [0.2, 0.25) is 0 Å². The number of hydrogen-bond donors (Lipinski definition) is 0. The lowest BCUT2D eigenvalue weighted by atomic mass is 10.0. The fourth-order valence-corrected chi connectivity index (χ4v) is 5.05. The van der Waals surface area contributed by atoms with E-state index in [1.165, 1.54) is 16.3 Å². The van der Waals surface area contributed by atoms with Gasteiger partial charge in [0.15, 0.2) is 0 Å². The van der Waals surface area contributed by atoms with Gasteiger partial charge >= 0.3 is 0 Å². The number of nitrogens with zero attached hydrogens (tertiary/aromatic N) is 2. The molecule has 2 atom stereocenters. The summed E-state index contributed by atoms with van der Waals surface area (Å²) in [6.45, 7) is 7.40. The molecule has 2 unspecified atom stereocenters. The molecule has 1 saturated heterocycles. The third-order valence-corrected chi connectivity index (χ3v) is 6.40. The number of ether oxygens (including phenoxy) is 1.